The molecule has 0 spiro atoms. The molecule has 0 aliphatic heterocycles. The number of benzene rings is 1. The van der Waals surface area contributed by atoms with Crippen molar-refractivity contribution in [3.8, 4) is 5.75 Å². The van der Waals surface area contributed by atoms with Crippen molar-refractivity contribution in [3.63, 3.8) is 0 Å². The van der Waals surface area contributed by atoms with Crippen molar-refractivity contribution in [1.82, 2.24) is 0 Å². The lowest BCUT2D eigenvalue weighted by molar-refractivity contribution is -0.146. The number of carbonyl (C=O) groups is 1. The third-order valence-electron chi connectivity index (χ3n) is 1.95. The van der Waals surface area contributed by atoms with Gasteiger partial charge in [0.15, 0.2) is 6.10 Å². The molecule has 4 nitrogen and oxygen atoms in total. The van der Waals surface area contributed by atoms with Crippen LogP contribution >= 0.6 is 0 Å². The van der Waals surface area contributed by atoms with Crippen molar-refractivity contribution in [1.29, 1.82) is 0 Å². The lowest BCUT2D eigenvalue weighted by atomic mass is 10.1. The van der Waals surface area contributed by atoms with Gasteiger partial charge < -0.3 is 14.9 Å². The van der Waals surface area contributed by atoms with Crippen molar-refractivity contribution in [2.75, 3.05) is 6.61 Å². The second-order valence-electron chi connectivity index (χ2n) is 3.14. The van der Waals surface area contributed by atoms with Gasteiger partial charge in [-0.3, -0.25) is 0 Å². The first-order valence-corrected chi connectivity index (χ1v) is 4.76. The van der Waals surface area contributed by atoms with Crippen LogP contribution in [0, 0.1) is 0 Å². The zero-order valence-electron chi connectivity index (χ0n) is 8.51. The van der Waals surface area contributed by atoms with E-state index in [9.17, 15) is 4.79 Å². The molecule has 2 N–H and O–H groups in total. The van der Waals surface area contributed by atoms with Gasteiger partial charge in [-0.05, 0) is 24.6 Å². The van der Waals surface area contributed by atoms with Gasteiger partial charge in [0.2, 0.25) is 0 Å². The Labute approximate surface area is 88.1 Å². The van der Waals surface area contributed by atoms with Crippen LogP contribution in [0.2, 0.25) is 0 Å². The molecule has 1 rings (SSSR count). The Kier molecular flexibility index (Phi) is 4.12. The Bertz CT molecular complexity index is 318. The average Bonchev–Trinajstić information content (AvgIpc) is 2.21. The molecule has 15 heavy (non-hydrogen) atoms. The van der Waals surface area contributed by atoms with Crippen molar-refractivity contribution in [3.05, 3.63) is 29.8 Å². The van der Waals surface area contributed by atoms with Crippen LogP contribution in [0.1, 0.15) is 12.5 Å². The zero-order chi connectivity index (χ0) is 11.3. The highest BCUT2D eigenvalue weighted by molar-refractivity contribution is 5.72. The summed E-state index contributed by atoms with van der Waals surface area (Å²) in [5, 5.41) is 17.6. The monoisotopic (exact) mass is 210 g/mol. The number of aliphatic carboxylic acids is 1. The molecule has 0 fully saturated rings. The molecule has 0 saturated heterocycles. The fraction of sp³-hybridized carbons (Fsp3) is 0.364. The summed E-state index contributed by atoms with van der Waals surface area (Å²) in [5.41, 5.74) is 0.772. The minimum Gasteiger partial charge on any atom is -0.494 e. The predicted molar refractivity (Wildman–Crippen MR) is 55.0 cm³/mol. The Hall–Kier alpha value is -1.55. The van der Waals surface area contributed by atoms with Gasteiger partial charge in [-0.2, -0.15) is 0 Å². The molecule has 1 aromatic carbocycles. The number of aliphatic hydroxyl groups excluding tert-OH is 1. The first-order chi connectivity index (χ1) is 7.13. The summed E-state index contributed by atoms with van der Waals surface area (Å²) in [6.45, 7) is 2.49. The van der Waals surface area contributed by atoms with E-state index in [0.29, 0.717) is 6.61 Å². The molecule has 0 aromatic heterocycles. The van der Waals surface area contributed by atoms with Gasteiger partial charge in [-0.1, -0.05) is 12.1 Å². The SMILES string of the molecule is CCOc1ccc(CC(O)C(=O)O)cc1. The smallest absolute Gasteiger partial charge is 0.332 e. The minimum atomic E-state index is -1.34. The molecule has 82 valence electrons. The lowest BCUT2D eigenvalue weighted by Crippen LogP contribution is -2.21. The highest BCUT2D eigenvalue weighted by Crippen LogP contribution is 2.13. The molecule has 0 amide bonds. The second-order valence-corrected chi connectivity index (χ2v) is 3.14. The number of ether oxygens (including phenoxy) is 1. The summed E-state index contributed by atoms with van der Waals surface area (Å²) in [6, 6.07) is 7.01. The van der Waals surface area contributed by atoms with Crippen LogP contribution in [0.4, 0.5) is 0 Å². The van der Waals surface area contributed by atoms with Gasteiger partial charge in [-0.25, -0.2) is 4.79 Å². The number of hydrogen-bond acceptors (Lipinski definition) is 3. The van der Waals surface area contributed by atoms with Crippen molar-refractivity contribution in [2.24, 2.45) is 0 Å². The van der Waals surface area contributed by atoms with Gasteiger partial charge in [0.1, 0.15) is 5.75 Å². The quantitative estimate of drug-likeness (QED) is 0.763. The molecule has 1 unspecified atom stereocenters. The van der Waals surface area contributed by atoms with Crippen molar-refractivity contribution < 1.29 is 19.7 Å². The fourth-order valence-electron chi connectivity index (χ4n) is 1.20. The van der Waals surface area contributed by atoms with Crippen LogP contribution < -0.4 is 4.74 Å². The molecule has 0 heterocycles. The van der Waals surface area contributed by atoms with E-state index in [1.807, 2.05) is 6.92 Å². The topological polar surface area (TPSA) is 66.8 Å². The maximum Gasteiger partial charge on any atom is 0.332 e. The number of carboxylic acid groups (broad SMARTS) is 1. The van der Waals surface area contributed by atoms with E-state index in [4.69, 9.17) is 14.9 Å². The van der Waals surface area contributed by atoms with E-state index in [2.05, 4.69) is 0 Å². The number of carboxylic acids is 1. The molecule has 0 radical (unpaired) electrons. The van der Waals surface area contributed by atoms with Crippen LogP contribution in [-0.2, 0) is 11.2 Å². The van der Waals surface area contributed by atoms with E-state index in [1.54, 1.807) is 24.3 Å². The highest BCUT2D eigenvalue weighted by Gasteiger charge is 2.13. The molecule has 0 aliphatic rings. The van der Waals surface area contributed by atoms with Gasteiger partial charge in [-0.15, -0.1) is 0 Å². The van der Waals surface area contributed by atoms with Crippen molar-refractivity contribution >= 4 is 5.97 Å². The van der Waals surface area contributed by atoms with Gasteiger partial charge in [0.05, 0.1) is 6.61 Å². The van der Waals surface area contributed by atoms with E-state index in [0.717, 1.165) is 11.3 Å². The Morgan fingerprint density at radius 3 is 2.47 bits per heavy atom. The highest BCUT2D eigenvalue weighted by atomic mass is 16.5. The number of hydrogen-bond donors (Lipinski definition) is 2. The summed E-state index contributed by atoms with van der Waals surface area (Å²) in [7, 11) is 0. The molecule has 0 saturated carbocycles. The third kappa shape index (κ3) is 3.59. The van der Waals surface area contributed by atoms with E-state index >= 15 is 0 Å². The van der Waals surface area contributed by atoms with E-state index in [1.165, 1.54) is 0 Å². The maximum atomic E-state index is 10.4. The van der Waals surface area contributed by atoms with Crippen LogP contribution in [0.25, 0.3) is 0 Å². The largest absolute Gasteiger partial charge is 0.494 e. The van der Waals surface area contributed by atoms with E-state index < -0.39 is 12.1 Å². The normalized spacial score (nSPS) is 12.1. The summed E-state index contributed by atoms with van der Waals surface area (Å²) >= 11 is 0. The van der Waals surface area contributed by atoms with E-state index in [-0.39, 0.29) is 6.42 Å². The Balaban J connectivity index is 2.60. The number of rotatable bonds is 5. The predicted octanol–water partition coefficient (Wildman–Crippen LogP) is 1.07. The minimum absolute atomic E-state index is 0.113. The van der Waals surface area contributed by atoms with Crippen LogP contribution in [0.3, 0.4) is 0 Å². The Morgan fingerprint density at radius 2 is 2.00 bits per heavy atom. The number of aliphatic hydroxyl groups is 1. The molecule has 4 heteroatoms. The molecular formula is C11H14O4. The molecule has 0 bridgehead atoms. The first kappa shape index (κ1) is 11.5. The molecule has 1 atom stereocenters. The molecule has 1 aromatic rings. The average molecular weight is 210 g/mol. The second kappa shape index (κ2) is 5.36. The summed E-state index contributed by atoms with van der Waals surface area (Å²) in [5.74, 6) is -0.463. The van der Waals surface area contributed by atoms with Gasteiger partial charge in [0, 0.05) is 6.42 Å². The van der Waals surface area contributed by atoms with Crippen molar-refractivity contribution in [2.45, 2.75) is 19.4 Å². The van der Waals surface area contributed by atoms with Gasteiger partial charge >= 0.3 is 5.97 Å². The van der Waals surface area contributed by atoms with Crippen LogP contribution in [0.15, 0.2) is 24.3 Å². The van der Waals surface area contributed by atoms with Crippen LogP contribution in [0.5, 0.6) is 5.75 Å². The summed E-state index contributed by atoms with van der Waals surface area (Å²) in [6.07, 6.45) is -1.23. The molecular weight excluding hydrogens is 196 g/mol. The Morgan fingerprint density at radius 1 is 1.40 bits per heavy atom. The van der Waals surface area contributed by atoms with Gasteiger partial charge in [0.25, 0.3) is 0 Å². The molecule has 0 aliphatic carbocycles. The maximum absolute atomic E-state index is 10.4. The first-order valence-electron chi connectivity index (χ1n) is 4.76. The summed E-state index contributed by atoms with van der Waals surface area (Å²) < 4.78 is 5.23. The summed E-state index contributed by atoms with van der Waals surface area (Å²) in [4.78, 5) is 10.4. The van der Waals surface area contributed by atoms with Crippen LogP contribution in [-0.4, -0.2) is 28.9 Å². The standard InChI is InChI=1S/C11H14O4/c1-2-15-9-5-3-8(4-6-9)7-10(12)11(13)14/h3-6,10,12H,2,7H2,1H3,(H,13,14). The third-order valence-corrected chi connectivity index (χ3v) is 1.95. The lowest BCUT2D eigenvalue weighted by Gasteiger charge is -2.07. The zero-order valence-corrected chi connectivity index (χ0v) is 8.51. The fourth-order valence-corrected chi connectivity index (χ4v) is 1.20.